The molecule has 8 heteroatoms. The van der Waals surface area contributed by atoms with Gasteiger partial charge in [-0.25, -0.2) is 10.8 Å². The van der Waals surface area contributed by atoms with Gasteiger partial charge in [-0.05, 0) is 19.9 Å². The van der Waals surface area contributed by atoms with Crippen LogP contribution in [-0.2, 0) is 4.79 Å². The molecule has 7 nitrogen and oxygen atoms in total. The van der Waals surface area contributed by atoms with Crippen molar-refractivity contribution in [1.29, 1.82) is 0 Å². The molecule has 20 heavy (non-hydrogen) atoms. The maximum atomic E-state index is 12.0. The Hall–Kier alpha value is -1.86. The van der Waals surface area contributed by atoms with Crippen molar-refractivity contribution in [3.05, 3.63) is 22.8 Å². The number of nitrogens with one attached hydrogen (secondary N) is 3. The van der Waals surface area contributed by atoms with Gasteiger partial charge < -0.3 is 16.1 Å². The van der Waals surface area contributed by atoms with Gasteiger partial charge in [0.2, 0.25) is 5.91 Å². The number of amides is 2. The number of carbonyl (C=O) groups excluding carboxylic acids is 2. The van der Waals surface area contributed by atoms with Gasteiger partial charge in [-0.15, -0.1) is 0 Å². The summed E-state index contributed by atoms with van der Waals surface area (Å²) in [6, 6.07) is 1.45. The molecule has 0 aliphatic rings. The van der Waals surface area contributed by atoms with Crippen molar-refractivity contribution in [2.24, 2.45) is 11.3 Å². The average molecular weight is 300 g/mol. The van der Waals surface area contributed by atoms with Gasteiger partial charge in [0.15, 0.2) is 5.82 Å². The number of hydrazine groups is 1. The summed E-state index contributed by atoms with van der Waals surface area (Å²) in [6.07, 6.45) is 1.35. The molecule has 0 atom stereocenters. The molecule has 0 aromatic carbocycles. The molecule has 0 bridgehead atoms. The summed E-state index contributed by atoms with van der Waals surface area (Å²) < 4.78 is 0. The molecule has 1 heterocycles. The van der Waals surface area contributed by atoms with Gasteiger partial charge in [0.1, 0.15) is 0 Å². The zero-order valence-electron chi connectivity index (χ0n) is 11.6. The van der Waals surface area contributed by atoms with Gasteiger partial charge in [0.25, 0.3) is 5.91 Å². The van der Waals surface area contributed by atoms with Crippen LogP contribution >= 0.6 is 11.6 Å². The van der Waals surface area contributed by atoms with E-state index in [4.69, 9.17) is 17.4 Å². The fourth-order valence-electron chi connectivity index (χ4n) is 1.49. The molecule has 1 rings (SSSR count). The van der Waals surface area contributed by atoms with Crippen LogP contribution in [0.15, 0.2) is 12.3 Å². The van der Waals surface area contributed by atoms with E-state index >= 15 is 0 Å². The number of aromatic nitrogens is 1. The third-order valence-corrected chi connectivity index (χ3v) is 3.06. The van der Waals surface area contributed by atoms with Crippen LogP contribution in [0, 0.1) is 5.41 Å². The monoisotopic (exact) mass is 299 g/mol. The molecule has 5 N–H and O–H groups in total. The molecule has 0 radical (unpaired) electrons. The number of pyridine rings is 1. The highest BCUT2D eigenvalue weighted by atomic mass is 35.5. The molecule has 0 fully saturated rings. The van der Waals surface area contributed by atoms with Crippen LogP contribution in [0.25, 0.3) is 0 Å². The summed E-state index contributed by atoms with van der Waals surface area (Å²) in [6.45, 7) is 3.66. The Morgan fingerprint density at radius 3 is 2.60 bits per heavy atom. The summed E-state index contributed by atoms with van der Waals surface area (Å²) in [4.78, 5) is 27.5. The van der Waals surface area contributed by atoms with E-state index in [1.54, 1.807) is 20.9 Å². The van der Waals surface area contributed by atoms with Crippen LogP contribution in [0.4, 0.5) is 5.82 Å². The van der Waals surface area contributed by atoms with E-state index in [0.29, 0.717) is 5.56 Å². The van der Waals surface area contributed by atoms with E-state index in [1.165, 1.54) is 12.3 Å². The predicted molar refractivity (Wildman–Crippen MR) is 77.2 cm³/mol. The van der Waals surface area contributed by atoms with Gasteiger partial charge in [-0.1, -0.05) is 11.6 Å². The molecule has 0 saturated carbocycles. The third-order valence-electron chi connectivity index (χ3n) is 2.77. The highest BCUT2D eigenvalue weighted by molar-refractivity contribution is 6.33. The minimum Gasteiger partial charge on any atom is -0.359 e. The Labute approximate surface area is 122 Å². The number of carbonyl (C=O) groups is 2. The predicted octanol–water partition coefficient (Wildman–Crippen LogP) is 0.523. The maximum Gasteiger partial charge on any atom is 0.252 e. The largest absolute Gasteiger partial charge is 0.359 e. The normalized spacial score (nSPS) is 10.8. The molecule has 110 valence electrons. The van der Waals surface area contributed by atoms with Crippen LogP contribution in [-0.4, -0.2) is 30.4 Å². The van der Waals surface area contributed by atoms with Crippen molar-refractivity contribution in [2.45, 2.75) is 13.8 Å². The molecule has 1 aromatic heterocycles. The van der Waals surface area contributed by atoms with E-state index in [0.717, 1.165) is 0 Å². The van der Waals surface area contributed by atoms with E-state index in [2.05, 4.69) is 21.0 Å². The molecule has 1 aromatic rings. The maximum absolute atomic E-state index is 12.0. The van der Waals surface area contributed by atoms with Gasteiger partial charge in [0, 0.05) is 19.8 Å². The second kappa shape index (κ2) is 6.53. The van der Waals surface area contributed by atoms with E-state index in [1.807, 2.05) is 0 Å². The fourth-order valence-corrected chi connectivity index (χ4v) is 1.71. The van der Waals surface area contributed by atoms with Crippen LogP contribution in [0.3, 0.4) is 0 Å². The zero-order chi connectivity index (χ0) is 15.3. The Balaban J connectivity index is 2.73. The number of nitrogens with zero attached hydrogens (tertiary/aromatic N) is 1. The first-order valence-corrected chi connectivity index (χ1v) is 6.32. The lowest BCUT2D eigenvalue weighted by Crippen LogP contribution is -2.43. The number of anilines is 1. The third kappa shape index (κ3) is 3.82. The van der Waals surface area contributed by atoms with Gasteiger partial charge >= 0.3 is 0 Å². The summed E-state index contributed by atoms with van der Waals surface area (Å²) in [5.74, 6) is 4.97. The lowest BCUT2D eigenvalue weighted by Gasteiger charge is -2.22. The number of nitrogens with two attached hydrogens (primary N) is 1. The molecular formula is C12H18ClN5O2. The Morgan fingerprint density at radius 1 is 1.45 bits per heavy atom. The van der Waals surface area contributed by atoms with Crippen LogP contribution in [0.5, 0.6) is 0 Å². The fraction of sp³-hybridized carbons (Fsp3) is 0.417. The molecule has 2 amide bonds. The summed E-state index contributed by atoms with van der Waals surface area (Å²) in [5.41, 5.74) is 1.90. The minimum atomic E-state index is -0.708. The van der Waals surface area contributed by atoms with Crippen molar-refractivity contribution < 1.29 is 9.59 Å². The number of rotatable bonds is 5. The first-order valence-electron chi connectivity index (χ1n) is 5.94. The van der Waals surface area contributed by atoms with Gasteiger partial charge in [-0.2, -0.15) is 0 Å². The summed E-state index contributed by atoms with van der Waals surface area (Å²) in [7, 11) is 1.55. The molecule has 0 aliphatic carbocycles. The van der Waals surface area contributed by atoms with Crippen molar-refractivity contribution in [3.8, 4) is 0 Å². The Kier molecular flexibility index (Phi) is 5.29. The van der Waals surface area contributed by atoms with Gasteiger partial charge in [-0.3, -0.25) is 9.59 Å². The average Bonchev–Trinajstić information content (AvgIpc) is 2.43. The standard InChI is InChI=1S/C12H18ClN5O2/c1-12(2,11(20)15-3)6-17-10(19)7-4-8(13)9(18-14)16-5-7/h4-5H,6,14H2,1-3H3,(H,15,20)(H,16,18)(H,17,19). The molecule has 0 unspecified atom stereocenters. The Bertz CT molecular complexity index is 519. The molecular weight excluding hydrogens is 282 g/mol. The van der Waals surface area contributed by atoms with Gasteiger partial charge in [0.05, 0.1) is 16.0 Å². The van der Waals surface area contributed by atoms with Crippen LogP contribution in [0.2, 0.25) is 5.02 Å². The number of nitrogen functional groups attached to an aromatic ring is 1. The van der Waals surface area contributed by atoms with E-state index in [-0.39, 0.29) is 29.2 Å². The highest BCUT2D eigenvalue weighted by Crippen LogP contribution is 2.19. The quantitative estimate of drug-likeness (QED) is 0.468. The molecule has 0 saturated heterocycles. The molecule has 0 spiro atoms. The van der Waals surface area contributed by atoms with Crippen molar-refractivity contribution in [2.75, 3.05) is 19.0 Å². The number of hydrogen-bond acceptors (Lipinski definition) is 5. The van der Waals surface area contributed by atoms with E-state index < -0.39 is 5.41 Å². The van der Waals surface area contributed by atoms with Crippen LogP contribution < -0.4 is 21.9 Å². The van der Waals surface area contributed by atoms with Crippen molar-refractivity contribution >= 4 is 29.2 Å². The summed E-state index contributed by atoms with van der Waals surface area (Å²) >= 11 is 5.89. The van der Waals surface area contributed by atoms with E-state index in [9.17, 15) is 9.59 Å². The van der Waals surface area contributed by atoms with Crippen molar-refractivity contribution in [1.82, 2.24) is 15.6 Å². The lowest BCUT2D eigenvalue weighted by atomic mass is 9.92. The summed E-state index contributed by atoms with van der Waals surface area (Å²) in [5, 5.41) is 5.46. The zero-order valence-corrected chi connectivity index (χ0v) is 12.3. The first kappa shape index (κ1) is 16.2. The second-order valence-corrected chi connectivity index (χ2v) is 5.25. The van der Waals surface area contributed by atoms with Crippen LogP contribution in [0.1, 0.15) is 24.2 Å². The number of hydrogen-bond donors (Lipinski definition) is 4. The first-order chi connectivity index (χ1) is 9.31. The highest BCUT2D eigenvalue weighted by Gasteiger charge is 2.27. The SMILES string of the molecule is CNC(=O)C(C)(C)CNC(=O)c1cnc(NN)c(Cl)c1. The van der Waals surface area contributed by atoms with Crippen molar-refractivity contribution in [3.63, 3.8) is 0 Å². The second-order valence-electron chi connectivity index (χ2n) is 4.84. The topological polar surface area (TPSA) is 109 Å². The molecule has 0 aliphatic heterocycles. The Morgan fingerprint density at radius 2 is 2.10 bits per heavy atom. The lowest BCUT2D eigenvalue weighted by molar-refractivity contribution is -0.128. The smallest absolute Gasteiger partial charge is 0.252 e. The minimum absolute atomic E-state index is 0.156. The number of halogens is 1.